The second kappa shape index (κ2) is 7.10. The number of hydrogen-bond donors (Lipinski definition) is 1. The van der Waals surface area contributed by atoms with Gasteiger partial charge in [0.15, 0.2) is 0 Å². The average Bonchev–Trinajstić information content (AvgIpc) is 2.39. The van der Waals surface area contributed by atoms with Crippen LogP contribution in [0, 0.1) is 0 Å². The second-order valence-corrected chi connectivity index (χ2v) is 5.56. The number of nitrogens with zero attached hydrogens (tertiary/aromatic N) is 1. The highest BCUT2D eigenvalue weighted by Gasteiger charge is 2.32. The van der Waals surface area contributed by atoms with Gasteiger partial charge in [0.2, 0.25) is 0 Å². The van der Waals surface area contributed by atoms with E-state index in [0.717, 1.165) is 19.4 Å². The minimum absolute atomic E-state index is 0.170. The van der Waals surface area contributed by atoms with Gasteiger partial charge in [-0.15, -0.1) is 0 Å². The van der Waals surface area contributed by atoms with Crippen LogP contribution in [0.2, 0.25) is 0 Å². The number of carbonyl (C=O) groups excluding carboxylic acids is 1. The van der Waals surface area contributed by atoms with Gasteiger partial charge in [-0.2, -0.15) is 0 Å². The lowest BCUT2D eigenvalue weighted by Crippen LogP contribution is -2.49. The smallest absolute Gasteiger partial charge is 0.325 e. The molecule has 1 aliphatic heterocycles. The molecule has 0 bridgehead atoms. The number of ether oxygens (including phenoxy) is 1. The average molecular weight is 256 g/mol. The van der Waals surface area contributed by atoms with Crippen molar-refractivity contribution in [3.8, 4) is 0 Å². The van der Waals surface area contributed by atoms with Gasteiger partial charge in [-0.1, -0.05) is 6.42 Å². The number of esters is 1. The van der Waals surface area contributed by atoms with Gasteiger partial charge in [0.1, 0.15) is 5.54 Å². The lowest BCUT2D eigenvalue weighted by Gasteiger charge is -2.34. The van der Waals surface area contributed by atoms with Crippen LogP contribution in [0.1, 0.15) is 46.0 Å². The Morgan fingerprint density at radius 2 is 2.22 bits per heavy atom. The summed E-state index contributed by atoms with van der Waals surface area (Å²) < 4.78 is 4.85. The lowest BCUT2D eigenvalue weighted by molar-refractivity contribution is -0.148. The minimum atomic E-state index is -0.548. The molecule has 0 aromatic carbocycles. The van der Waals surface area contributed by atoms with E-state index in [1.165, 1.54) is 32.9 Å². The van der Waals surface area contributed by atoms with E-state index in [1.807, 2.05) is 14.0 Å². The standard InChI is InChI=1S/C14H28N2O2/c1-12-8-5-6-10-16(12)11-7-9-14(2,15-3)13(17)18-4/h12,15H,5-11H2,1-4H3. The number of likely N-dealkylation sites (N-methyl/N-ethyl adjacent to an activating group) is 1. The first-order valence-electron chi connectivity index (χ1n) is 7.05. The van der Waals surface area contributed by atoms with Crippen LogP contribution in [0.25, 0.3) is 0 Å². The number of hydrogen-bond acceptors (Lipinski definition) is 4. The molecule has 0 amide bonds. The number of piperidine rings is 1. The number of carbonyl (C=O) groups is 1. The van der Waals surface area contributed by atoms with Gasteiger partial charge in [-0.25, -0.2) is 0 Å². The lowest BCUT2D eigenvalue weighted by atomic mass is 9.95. The topological polar surface area (TPSA) is 41.6 Å². The monoisotopic (exact) mass is 256 g/mol. The Kier molecular flexibility index (Phi) is 6.09. The molecule has 0 radical (unpaired) electrons. The van der Waals surface area contributed by atoms with Crippen LogP contribution in [0.3, 0.4) is 0 Å². The highest BCUT2D eigenvalue weighted by molar-refractivity contribution is 5.80. The summed E-state index contributed by atoms with van der Waals surface area (Å²) in [5.41, 5.74) is -0.548. The molecule has 2 atom stereocenters. The number of methoxy groups -OCH3 is 1. The van der Waals surface area contributed by atoms with E-state index in [9.17, 15) is 4.79 Å². The molecule has 0 aromatic heterocycles. The first-order chi connectivity index (χ1) is 8.53. The molecule has 106 valence electrons. The number of rotatable bonds is 6. The predicted molar refractivity (Wildman–Crippen MR) is 73.6 cm³/mol. The van der Waals surface area contributed by atoms with E-state index in [0.29, 0.717) is 6.04 Å². The molecule has 2 unspecified atom stereocenters. The van der Waals surface area contributed by atoms with Gasteiger partial charge >= 0.3 is 5.97 Å². The number of nitrogens with one attached hydrogen (secondary N) is 1. The molecule has 0 aromatic rings. The maximum Gasteiger partial charge on any atom is 0.325 e. The summed E-state index contributed by atoms with van der Waals surface area (Å²) in [7, 11) is 3.27. The van der Waals surface area contributed by atoms with Crippen LogP contribution in [-0.4, -0.2) is 49.7 Å². The molecule has 4 heteroatoms. The molecule has 1 aliphatic rings. The van der Waals surface area contributed by atoms with Crippen molar-refractivity contribution in [2.75, 3.05) is 27.2 Å². The summed E-state index contributed by atoms with van der Waals surface area (Å²) in [6.07, 6.45) is 5.81. The van der Waals surface area contributed by atoms with Crippen molar-refractivity contribution in [3.63, 3.8) is 0 Å². The summed E-state index contributed by atoms with van der Waals surface area (Å²) in [5.74, 6) is -0.170. The number of likely N-dealkylation sites (tertiary alicyclic amines) is 1. The quantitative estimate of drug-likeness (QED) is 0.736. The summed E-state index contributed by atoms with van der Waals surface area (Å²) in [6.45, 7) is 6.50. The van der Waals surface area contributed by atoms with Crippen LogP contribution in [-0.2, 0) is 9.53 Å². The van der Waals surface area contributed by atoms with Crippen molar-refractivity contribution < 1.29 is 9.53 Å². The molecule has 1 rings (SSSR count). The Bertz CT molecular complexity index is 271. The van der Waals surface area contributed by atoms with Gasteiger partial charge in [-0.05, 0) is 59.7 Å². The van der Waals surface area contributed by atoms with Gasteiger partial charge < -0.3 is 15.0 Å². The third-order valence-electron chi connectivity index (χ3n) is 4.25. The molecule has 4 nitrogen and oxygen atoms in total. The van der Waals surface area contributed by atoms with Crippen molar-refractivity contribution in [1.29, 1.82) is 0 Å². The molecule has 1 heterocycles. The molecule has 18 heavy (non-hydrogen) atoms. The van der Waals surface area contributed by atoms with Gasteiger partial charge in [-0.3, -0.25) is 4.79 Å². The van der Waals surface area contributed by atoms with Crippen LogP contribution in [0.15, 0.2) is 0 Å². The second-order valence-electron chi connectivity index (χ2n) is 5.56. The van der Waals surface area contributed by atoms with Crippen LogP contribution in [0.4, 0.5) is 0 Å². The maximum atomic E-state index is 11.7. The van der Waals surface area contributed by atoms with E-state index in [4.69, 9.17) is 4.74 Å². The van der Waals surface area contributed by atoms with Crippen molar-refractivity contribution in [2.45, 2.75) is 57.5 Å². The van der Waals surface area contributed by atoms with Gasteiger partial charge in [0.05, 0.1) is 7.11 Å². The molecule has 1 N–H and O–H groups in total. The Balaban J connectivity index is 2.37. The zero-order valence-corrected chi connectivity index (χ0v) is 12.3. The van der Waals surface area contributed by atoms with Crippen molar-refractivity contribution in [2.24, 2.45) is 0 Å². The Morgan fingerprint density at radius 3 is 2.78 bits per heavy atom. The summed E-state index contributed by atoms with van der Waals surface area (Å²) in [6, 6.07) is 0.692. The molecule has 1 fully saturated rings. The summed E-state index contributed by atoms with van der Waals surface area (Å²) in [5, 5.41) is 3.09. The maximum absolute atomic E-state index is 11.7. The summed E-state index contributed by atoms with van der Waals surface area (Å²) in [4.78, 5) is 14.3. The Morgan fingerprint density at radius 1 is 1.50 bits per heavy atom. The highest BCUT2D eigenvalue weighted by Crippen LogP contribution is 2.19. The largest absolute Gasteiger partial charge is 0.468 e. The molecule has 0 saturated carbocycles. The zero-order chi connectivity index (χ0) is 13.6. The molecule has 0 spiro atoms. The first kappa shape index (κ1) is 15.4. The highest BCUT2D eigenvalue weighted by atomic mass is 16.5. The zero-order valence-electron chi connectivity index (χ0n) is 12.3. The normalized spacial score (nSPS) is 24.6. The molecule has 1 saturated heterocycles. The van der Waals surface area contributed by atoms with E-state index in [-0.39, 0.29) is 5.97 Å². The van der Waals surface area contributed by atoms with E-state index >= 15 is 0 Å². The van der Waals surface area contributed by atoms with Gasteiger partial charge in [0.25, 0.3) is 0 Å². The van der Waals surface area contributed by atoms with Crippen molar-refractivity contribution in [1.82, 2.24) is 10.2 Å². The van der Waals surface area contributed by atoms with E-state index in [2.05, 4.69) is 17.1 Å². The van der Waals surface area contributed by atoms with E-state index < -0.39 is 5.54 Å². The van der Waals surface area contributed by atoms with Crippen molar-refractivity contribution in [3.05, 3.63) is 0 Å². The third-order valence-corrected chi connectivity index (χ3v) is 4.25. The van der Waals surface area contributed by atoms with Crippen molar-refractivity contribution >= 4 is 5.97 Å². The fraction of sp³-hybridized carbons (Fsp3) is 0.929. The minimum Gasteiger partial charge on any atom is -0.468 e. The first-order valence-corrected chi connectivity index (χ1v) is 7.05. The molecule has 0 aliphatic carbocycles. The fourth-order valence-electron chi connectivity index (χ4n) is 2.68. The Hall–Kier alpha value is -0.610. The predicted octanol–water partition coefficient (Wildman–Crippen LogP) is 1.79. The van der Waals surface area contributed by atoms with Crippen LogP contribution < -0.4 is 5.32 Å². The van der Waals surface area contributed by atoms with Crippen LogP contribution in [0.5, 0.6) is 0 Å². The fourth-order valence-corrected chi connectivity index (χ4v) is 2.68. The third kappa shape index (κ3) is 3.95. The molecular formula is C14H28N2O2. The molecular weight excluding hydrogens is 228 g/mol. The van der Waals surface area contributed by atoms with Gasteiger partial charge in [0, 0.05) is 6.04 Å². The Labute approximate surface area is 111 Å². The SMILES string of the molecule is CNC(C)(CCCN1CCCCC1C)C(=O)OC. The van der Waals surface area contributed by atoms with Crippen LogP contribution >= 0.6 is 0 Å². The summed E-state index contributed by atoms with van der Waals surface area (Å²) >= 11 is 0. The van der Waals surface area contributed by atoms with E-state index in [1.54, 1.807) is 0 Å².